The number of thioether (sulfide) groups is 1. The van der Waals surface area contributed by atoms with E-state index in [4.69, 9.17) is 28.9 Å². The van der Waals surface area contributed by atoms with Crippen molar-refractivity contribution in [1.82, 2.24) is 0 Å². The summed E-state index contributed by atoms with van der Waals surface area (Å²) in [6, 6.07) is 7.02. The van der Waals surface area contributed by atoms with Crippen LogP contribution in [0.15, 0.2) is 24.3 Å². The Balaban J connectivity index is 2.52. The maximum Gasteiger partial charge on any atom is 0.316 e. The van der Waals surface area contributed by atoms with Crippen molar-refractivity contribution in [3.63, 3.8) is 0 Å². The molecule has 0 saturated heterocycles. The summed E-state index contributed by atoms with van der Waals surface area (Å²) in [5.74, 6) is -0.884. The highest BCUT2D eigenvalue weighted by atomic mass is 35.5. The average molecular weight is 276 g/mol. The minimum Gasteiger partial charge on any atom is -0.480 e. The zero-order chi connectivity index (χ0) is 12.1. The third kappa shape index (κ3) is 4.38. The number of carboxylic acid groups (broad SMARTS) is 1. The molecule has 0 fully saturated rings. The van der Waals surface area contributed by atoms with E-state index in [1.165, 1.54) is 0 Å². The van der Waals surface area contributed by atoms with Crippen LogP contribution in [0.2, 0.25) is 5.02 Å². The van der Waals surface area contributed by atoms with Crippen LogP contribution in [0, 0.1) is 0 Å². The van der Waals surface area contributed by atoms with E-state index in [0.717, 1.165) is 17.4 Å². The molecule has 16 heavy (non-hydrogen) atoms. The lowest BCUT2D eigenvalue weighted by atomic mass is 10.3. The van der Waals surface area contributed by atoms with Gasteiger partial charge < -0.3 is 10.4 Å². The van der Waals surface area contributed by atoms with Gasteiger partial charge in [-0.05, 0) is 31.2 Å². The van der Waals surface area contributed by atoms with Crippen LogP contribution in [0.5, 0.6) is 0 Å². The highest BCUT2D eigenvalue weighted by Crippen LogP contribution is 2.18. The van der Waals surface area contributed by atoms with E-state index >= 15 is 0 Å². The van der Waals surface area contributed by atoms with E-state index in [2.05, 4.69) is 5.32 Å². The Kier molecular flexibility index (Phi) is 5.05. The smallest absolute Gasteiger partial charge is 0.316 e. The Hall–Kier alpha value is -0.780. The molecule has 0 spiro atoms. The third-order valence-electron chi connectivity index (χ3n) is 1.72. The van der Waals surface area contributed by atoms with Gasteiger partial charge in [0.25, 0.3) is 0 Å². The summed E-state index contributed by atoms with van der Waals surface area (Å²) in [5.41, 5.74) is 0.791. The van der Waals surface area contributed by atoms with E-state index in [-0.39, 0.29) is 0 Å². The van der Waals surface area contributed by atoms with Gasteiger partial charge in [0.2, 0.25) is 0 Å². The molecule has 1 atom stereocenters. The third-order valence-corrected chi connectivity index (χ3v) is 3.24. The Morgan fingerprint density at radius 3 is 2.56 bits per heavy atom. The minimum absolute atomic E-state index is 0.428. The lowest BCUT2D eigenvalue weighted by Gasteiger charge is -2.09. The molecule has 2 N–H and O–H groups in total. The lowest BCUT2D eigenvalue weighted by molar-refractivity contribution is -0.136. The van der Waals surface area contributed by atoms with Gasteiger partial charge in [0.15, 0.2) is 0 Å². The summed E-state index contributed by atoms with van der Waals surface area (Å²) >= 11 is 11.8. The Bertz CT molecular complexity index is 394. The van der Waals surface area contributed by atoms with Crippen molar-refractivity contribution in [3.8, 4) is 0 Å². The molecule has 0 aliphatic rings. The molecule has 1 aromatic rings. The summed E-state index contributed by atoms with van der Waals surface area (Å²) in [4.78, 5) is 10.6. The van der Waals surface area contributed by atoms with Crippen LogP contribution in [0.3, 0.4) is 0 Å². The molecule has 1 aromatic carbocycles. The molecule has 0 amide bonds. The molecule has 0 heterocycles. The van der Waals surface area contributed by atoms with Crippen LogP contribution < -0.4 is 5.32 Å². The van der Waals surface area contributed by atoms with Gasteiger partial charge in [0, 0.05) is 10.7 Å². The maximum atomic E-state index is 10.6. The molecule has 3 nitrogen and oxygen atoms in total. The zero-order valence-corrected chi connectivity index (χ0v) is 10.8. The van der Waals surface area contributed by atoms with Crippen molar-refractivity contribution in [2.45, 2.75) is 12.2 Å². The van der Waals surface area contributed by atoms with Crippen molar-refractivity contribution in [1.29, 1.82) is 0 Å². The van der Waals surface area contributed by atoms with Crippen molar-refractivity contribution in [3.05, 3.63) is 29.3 Å². The second-order valence-electron chi connectivity index (χ2n) is 3.02. The van der Waals surface area contributed by atoms with Gasteiger partial charge in [-0.1, -0.05) is 35.6 Å². The summed E-state index contributed by atoms with van der Waals surface area (Å²) in [6.45, 7) is 1.59. The van der Waals surface area contributed by atoms with Crippen molar-refractivity contribution >= 4 is 51.6 Å². The number of carbonyl (C=O) groups is 1. The van der Waals surface area contributed by atoms with Crippen LogP contribution in [0.25, 0.3) is 0 Å². The number of hydrogen-bond acceptors (Lipinski definition) is 3. The van der Waals surface area contributed by atoms with Gasteiger partial charge in [0.1, 0.15) is 9.57 Å². The second kappa shape index (κ2) is 6.08. The highest BCUT2D eigenvalue weighted by molar-refractivity contribution is 8.24. The van der Waals surface area contributed by atoms with Crippen LogP contribution in [-0.4, -0.2) is 20.6 Å². The van der Waals surface area contributed by atoms with Crippen LogP contribution in [0.1, 0.15) is 6.92 Å². The quantitative estimate of drug-likeness (QED) is 0.830. The molecule has 1 rings (SSSR count). The van der Waals surface area contributed by atoms with Crippen molar-refractivity contribution in [2.24, 2.45) is 0 Å². The first-order valence-corrected chi connectivity index (χ1v) is 6.11. The van der Waals surface area contributed by atoms with Gasteiger partial charge in [-0.25, -0.2) is 0 Å². The Morgan fingerprint density at radius 1 is 1.50 bits per heavy atom. The molecule has 0 aliphatic heterocycles. The van der Waals surface area contributed by atoms with Gasteiger partial charge in [0.05, 0.1) is 0 Å². The zero-order valence-electron chi connectivity index (χ0n) is 8.44. The SMILES string of the molecule is C[C@@H](SC(=S)Nc1ccc(Cl)cc1)C(=O)O. The largest absolute Gasteiger partial charge is 0.480 e. The second-order valence-corrected chi connectivity index (χ2v) is 5.47. The molecular weight excluding hydrogens is 266 g/mol. The average Bonchev–Trinajstić information content (AvgIpc) is 2.21. The Labute approximate surface area is 108 Å². The number of halogens is 1. The molecule has 0 saturated carbocycles. The monoisotopic (exact) mass is 275 g/mol. The first-order chi connectivity index (χ1) is 7.49. The Morgan fingerprint density at radius 2 is 2.06 bits per heavy atom. The molecular formula is C10H10ClNO2S2. The predicted molar refractivity (Wildman–Crippen MR) is 72.4 cm³/mol. The number of hydrogen-bond donors (Lipinski definition) is 2. The van der Waals surface area contributed by atoms with Gasteiger partial charge in [-0.2, -0.15) is 0 Å². The van der Waals surface area contributed by atoms with Crippen LogP contribution >= 0.6 is 35.6 Å². The number of benzene rings is 1. The lowest BCUT2D eigenvalue weighted by Crippen LogP contribution is -2.16. The van der Waals surface area contributed by atoms with Gasteiger partial charge in [-0.3, -0.25) is 4.79 Å². The minimum atomic E-state index is -0.884. The van der Waals surface area contributed by atoms with Gasteiger partial charge >= 0.3 is 5.97 Å². The maximum absolute atomic E-state index is 10.6. The summed E-state index contributed by atoms with van der Waals surface area (Å²) < 4.78 is 0.428. The number of nitrogens with one attached hydrogen (secondary N) is 1. The fourth-order valence-electron chi connectivity index (χ4n) is 0.892. The number of thiocarbonyl (C=S) groups is 1. The summed E-state index contributed by atoms with van der Waals surface area (Å²) in [5, 5.41) is 11.7. The highest BCUT2D eigenvalue weighted by Gasteiger charge is 2.13. The van der Waals surface area contributed by atoms with Crippen LogP contribution in [-0.2, 0) is 4.79 Å². The number of aliphatic carboxylic acids is 1. The standard InChI is InChI=1S/C10H10ClNO2S2/c1-6(9(13)14)16-10(15)12-8-4-2-7(11)3-5-8/h2-6H,1H3,(H,12,15)(H,13,14)/t6-/m1/s1. The van der Waals surface area contributed by atoms with E-state index in [1.807, 2.05) is 0 Å². The summed E-state index contributed by atoms with van der Waals surface area (Å²) in [6.07, 6.45) is 0. The van der Waals surface area contributed by atoms with Crippen molar-refractivity contribution < 1.29 is 9.90 Å². The van der Waals surface area contributed by atoms with Crippen LogP contribution in [0.4, 0.5) is 5.69 Å². The number of anilines is 1. The van der Waals surface area contributed by atoms with Gasteiger partial charge in [-0.15, -0.1) is 0 Å². The molecule has 6 heteroatoms. The molecule has 0 bridgehead atoms. The molecule has 0 radical (unpaired) electrons. The van der Waals surface area contributed by atoms with E-state index in [0.29, 0.717) is 9.34 Å². The first kappa shape index (κ1) is 13.3. The normalized spacial score (nSPS) is 11.9. The number of carboxylic acids is 1. The molecule has 86 valence electrons. The van der Waals surface area contributed by atoms with Crippen molar-refractivity contribution in [2.75, 3.05) is 5.32 Å². The predicted octanol–water partition coefficient (Wildman–Crippen LogP) is 3.24. The number of rotatable bonds is 3. The first-order valence-electron chi connectivity index (χ1n) is 4.45. The fraction of sp³-hybridized carbons (Fsp3) is 0.200. The van der Waals surface area contributed by atoms with E-state index in [9.17, 15) is 4.79 Å². The van der Waals surface area contributed by atoms with E-state index in [1.54, 1.807) is 31.2 Å². The fourth-order valence-corrected chi connectivity index (χ4v) is 2.17. The molecule has 0 unspecified atom stereocenters. The van der Waals surface area contributed by atoms with E-state index < -0.39 is 11.2 Å². The topological polar surface area (TPSA) is 49.3 Å². The summed E-state index contributed by atoms with van der Waals surface area (Å²) in [7, 11) is 0. The molecule has 0 aliphatic carbocycles. The molecule has 0 aromatic heterocycles.